The first kappa shape index (κ1) is 17.2. The van der Waals surface area contributed by atoms with Crippen molar-refractivity contribution in [3.8, 4) is 0 Å². The predicted octanol–water partition coefficient (Wildman–Crippen LogP) is 3.96. The van der Waals surface area contributed by atoms with E-state index in [4.69, 9.17) is 4.74 Å². The Morgan fingerprint density at radius 2 is 1.68 bits per heavy atom. The predicted molar refractivity (Wildman–Crippen MR) is 97.4 cm³/mol. The molecule has 0 fully saturated rings. The summed E-state index contributed by atoms with van der Waals surface area (Å²) in [5.41, 5.74) is 4.00. The number of fused-ring (bicyclic) bond motifs is 1. The normalized spacial score (nSPS) is 10.9. The minimum absolute atomic E-state index is 0.192. The van der Waals surface area contributed by atoms with Crippen molar-refractivity contribution in [1.29, 1.82) is 0 Å². The molecule has 1 aromatic carbocycles. The van der Waals surface area contributed by atoms with Gasteiger partial charge in [-0.05, 0) is 52.0 Å². The highest BCUT2D eigenvalue weighted by Crippen LogP contribution is 2.21. The summed E-state index contributed by atoms with van der Waals surface area (Å²) in [6.07, 6.45) is 0. The van der Waals surface area contributed by atoms with Crippen LogP contribution in [-0.4, -0.2) is 28.3 Å². The molecule has 0 unspecified atom stereocenters. The molecule has 0 aliphatic heterocycles. The third kappa shape index (κ3) is 3.58. The molecule has 3 aromatic rings. The number of carbonyl (C=O) groups is 2. The molecule has 0 aliphatic carbocycles. The third-order valence-corrected chi connectivity index (χ3v) is 4.95. The number of aryl methyl sites for hydroxylation is 4. The number of nitrogens with zero attached hydrogens (tertiary/aromatic N) is 2. The summed E-state index contributed by atoms with van der Waals surface area (Å²) < 4.78 is 5.18. The number of esters is 1. The summed E-state index contributed by atoms with van der Waals surface area (Å²) in [5, 5.41) is 0. The second-order valence-electron chi connectivity index (χ2n) is 5.92. The number of ketones is 1. The van der Waals surface area contributed by atoms with Gasteiger partial charge in [-0.25, -0.2) is 14.8 Å². The van der Waals surface area contributed by atoms with Crippen LogP contribution in [0.5, 0.6) is 0 Å². The maximum atomic E-state index is 12.2. The van der Waals surface area contributed by atoms with Crippen LogP contribution in [0, 0.1) is 27.7 Å². The van der Waals surface area contributed by atoms with Crippen molar-refractivity contribution < 1.29 is 14.3 Å². The Kier molecular flexibility index (Phi) is 4.63. The van der Waals surface area contributed by atoms with E-state index in [9.17, 15) is 9.59 Å². The van der Waals surface area contributed by atoms with Crippen molar-refractivity contribution in [2.75, 3.05) is 6.61 Å². The second kappa shape index (κ2) is 6.72. The molecule has 2 heterocycles. The Balaban J connectivity index is 1.75. The van der Waals surface area contributed by atoms with Gasteiger partial charge in [0.05, 0.1) is 28.0 Å². The number of thiophene rings is 1. The number of Topliss-reactive ketones (excluding diaryl/α,β-unsaturated/α-hetero) is 1. The fourth-order valence-corrected chi connectivity index (χ4v) is 3.50. The van der Waals surface area contributed by atoms with Gasteiger partial charge in [0.25, 0.3) is 0 Å². The smallest absolute Gasteiger partial charge is 0.338 e. The molecule has 3 rings (SSSR count). The van der Waals surface area contributed by atoms with E-state index in [1.807, 2.05) is 33.8 Å². The van der Waals surface area contributed by atoms with Gasteiger partial charge in [-0.15, -0.1) is 11.3 Å². The summed E-state index contributed by atoms with van der Waals surface area (Å²) in [7, 11) is 0. The second-order valence-corrected chi connectivity index (χ2v) is 7.38. The van der Waals surface area contributed by atoms with Crippen molar-refractivity contribution in [2.45, 2.75) is 27.7 Å². The van der Waals surface area contributed by atoms with Crippen molar-refractivity contribution in [3.05, 3.63) is 56.5 Å². The molecule has 0 amide bonds. The van der Waals surface area contributed by atoms with Crippen molar-refractivity contribution in [1.82, 2.24) is 9.97 Å². The Labute approximate surface area is 149 Å². The van der Waals surface area contributed by atoms with E-state index in [-0.39, 0.29) is 12.4 Å². The van der Waals surface area contributed by atoms with Gasteiger partial charge in [-0.1, -0.05) is 0 Å². The standard InChI is InChI=1S/C19H18N2O3S/c1-10-7-15(13(4)25-10)18(22)9-24-19(23)14-5-6-16-17(8-14)21-12(3)11(2)20-16/h5-8H,9H2,1-4H3. The third-order valence-electron chi connectivity index (χ3n) is 3.99. The summed E-state index contributed by atoms with van der Waals surface area (Å²) in [6.45, 7) is 7.33. The van der Waals surface area contributed by atoms with E-state index < -0.39 is 5.97 Å². The molecule has 2 aromatic heterocycles. The molecule has 128 valence electrons. The van der Waals surface area contributed by atoms with Gasteiger partial charge >= 0.3 is 5.97 Å². The molecule has 0 saturated heterocycles. The van der Waals surface area contributed by atoms with E-state index in [0.717, 1.165) is 26.7 Å². The molecule has 0 N–H and O–H groups in total. The highest BCUT2D eigenvalue weighted by atomic mass is 32.1. The van der Waals surface area contributed by atoms with E-state index in [1.54, 1.807) is 29.5 Å². The van der Waals surface area contributed by atoms with Crippen LogP contribution in [0.4, 0.5) is 0 Å². The highest BCUT2D eigenvalue weighted by molar-refractivity contribution is 7.12. The highest BCUT2D eigenvalue weighted by Gasteiger charge is 2.16. The summed E-state index contributed by atoms with van der Waals surface area (Å²) in [4.78, 5) is 35.3. The molecule has 6 heteroatoms. The fraction of sp³-hybridized carbons (Fsp3) is 0.263. The van der Waals surface area contributed by atoms with Gasteiger partial charge in [0.1, 0.15) is 0 Å². The Bertz CT molecular complexity index is 992. The zero-order chi connectivity index (χ0) is 18.1. The largest absolute Gasteiger partial charge is 0.454 e. The minimum Gasteiger partial charge on any atom is -0.454 e. The first-order valence-electron chi connectivity index (χ1n) is 7.87. The van der Waals surface area contributed by atoms with Gasteiger partial charge < -0.3 is 4.74 Å². The Morgan fingerprint density at radius 1 is 1.00 bits per heavy atom. The molecule has 0 saturated carbocycles. The first-order chi connectivity index (χ1) is 11.8. The number of rotatable bonds is 4. The van der Waals surface area contributed by atoms with E-state index in [2.05, 4.69) is 9.97 Å². The first-order valence-corrected chi connectivity index (χ1v) is 8.69. The molecule has 5 nitrogen and oxygen atoms in total. The van der Waals surface area contributed by atoms with Crippen LogP contribution >= 0.6 is 11.3 Å². The van der Waals surface area contributed by atoms with Crippen molar-refractivity contribution in [2.24, 2.45) is 0 Å². The molecule has 0 spiro atoms. The number of benzene rings is 1. The average Bonchev–Trinajstić information content (AvgIpc) is 2.91. The van der Waals surface area contributed by atoms with Crippen LogP contribution in [0.3, 0.4) is 0 Å². The lowest BCUT2D eigenvalue weighted by Crippen LogP contribution is -2.14. The Hall–Kier alpha value is -2.60. The number of aromatic nitrogens is 2. The summed E-state index contributed by atoms with van der Waals surface area (Å²) in [6, 6.07) is 6.84. The maximum Gasteiger partial charge on any atom is 0.338 e. The van der Waals surface area contributed by atoms with Gasteiger partial charge in [0, 0.05) is 15.3 Å². The van der Waals surface area contributed by atoms with E-state index >= 15 is 0 Å². The SMILES string of the molecule is Cc1cc(C(=O)COC(=O)c2ccc3nc(C)c(C)nc3c2)c(C)s1. The summed E-state index contributed by atoms with van der Waals surface area (Å²) in [5.74, 6) is -0.734. The zero-order valence-electron chi connectivity index (χ0n) is 14.5. The van der Waals surface area contributed by atoms with Crippen LogP contribution in [0.15, 0.2) is 24.3 Å². The maximum absolute atomic E-state index is 12.2. The van der Waals surface area contributed by atoms with Crippen LogP contribution < -0.4 is 0 Å². The van der Waals surface area contributed by atoms with Gasteiger partial charge in [-0.3, -0.25) is 4.79 Å². The van der Waals surface area contributed by atoms with Crippen LogP contribution in [0.25, 0.3) is 11.0 Å². The number of hydrogen-bond donors (Lipinski definition) is 0. The van der Waals surface area contributed by atoms with Crippen molar-refractivity contribution in [3.63, 3.8) is 0 Å². The Morgan fingerprint density at radius 3 is 2.32 bits per heavy atom. The van der Waals surface area contributed by atoms with Crippen LogP contribution in [0.1, 0.15) is 41.9 Å². The number of carbonyl (C=O) groups excluding carboxylic acids is 2. The van der Waals surface area contributed by atoms with E-state index in [1.165, 1.54) is 0 Å². The fourth-order valence-electron chi connectivity index (χ4n) is 2.56. The molecule has 0 radical (unpaired) electrons. The quantitative estimate of drug-likeness (QED) is 0.524. The molecular weight excluding hydrogens is 336 g/mol. The monoisotopic (exact) mass is 354 g/mol. The molecule has 25 heavy (non-hydrogen) atoms. The van der Waals surface area contributed by atoms with Crippen molar-refractivity contribution >= 4 is 34.1 Å². The lowest BCUT2D eigenvalue weighted by atomic mass is 10.1. The topological polar surface area (TPSA) is 69.2 Å². The summed E-state index contributed by atoms with van der Waals surface area (Å²) >= 11 is 1.56. The average molecular weight is 354 g/mol. The van der Waals surface area contributed by atoms with E-state index in [0.29, 0.717) is 16.6 Å². The molecule has 0 bridgehead atoms. The molecule has 0 aliphatic rings. The number of hydrogen-bond acceptors (Lipinski definition) is 6. The lowest BCUT2D eigenvalue weighted by Gasteiger charge is -2.06. The van der Waals surface area contributed by atoms with Crippen LogP contribution in [-0.2, 0) is 4.74 Å². The number of ether oxygens (including phenoxy) is 1. The molecular formula is C19H18N2O3S. The minimum atomic E-state index is -0.542. The lowest BCUT2D eigenvalue weighted by molar-refractivity contribution is 0.0475. The van der Waals surface area contributed by atoms with Gasteiger partial charge in [0.15, 0.2) is 6.61 Å². The van der Waals surface area contributed by atoms with Crippen LogP contribution in [0.2, 0.25) is 0 Å². The van der Waals surface area contributed by atoms with Gasteiger partial charge in [0.2, 0.25) is 5.78 Å². The zero-order valence-corrected chi connectivity index (χ0v) is 15.4. The molecule has 0 atom stereocenters. The van der Waals surface area contributed by atoms with Gasteiger partial charge in [-0.2, -0.15) is 0 Å².